The Morgan fingerprint density at radius 1 is 1.29 bits per heavy atom. The molecule has 1 heterocycles. The van der Waals surface area contributed by atoms with E-state index in [9.17, 15) is 0 Å². The molecule has 76 valence electrons. The van der Waals surface area contributed by atoms with Crippen LogP contribution in [0.2, 0.25) is 0 Å². The smallest absolute Gasteiger partial charge is 0.0404 e. The van der Waals surface area contributed by atoms with Crippen LogP contribution >= 0.6 is 0 Å². The summed E-state index contributed by atoms with van der Waals surface area (Å²) in [6.45, 7) is 6.76. The number of nitrogens with zero attached hydrogens (tertiary/aromatic N) is 1. The highest BCUT2D eigenvalue weighted by Crippen LogP contribution is 2.50. The van der Waals surface area contributed by atoms with Crippen molar-refractivity contribution in [3.63, 3.8) is 0 Å². The van der Waals surface area contributed by atoms with E-state index < -0.39 is 0 Å². The second-order valence-corrected chi connectivity index (χ2v) is 4.64. The predicted octanol–water partition coefficient (Wildman–Crippen LogP) is 3.47. The molecular weight excluding hydrogens is 170 g/mol. The maximum absolute atomic E-state index is 2.41. The number of rotatable bonds is 0. The van der Waals surface area contributed by atoms with Gasteiger partial charge in [-0.3, -0.25) is 0 Å². The molecule has 0 unspecified atom stereocenters. The minimum atomic E-state index is 0.204. The molecule has 1 aliphatic carbocycles. The van der Waals surface area contributed by atoms with Crippen LogP contribution < -0.4 is 0 Å². The fourth-order valence-corrected chi connectivity index (χ4v) is 2.80. The topological polar surface area (TPSA) is 3.24 Å². The Morgan fingerprint density at radius 2 is 1.93 bits per heavy atom. The molecule has 2 rings (SSSR count). The third-order valence-corrected chi connectivity index (χ3v) is 3.44. The van der Waals surface area contributed by atoms with Crippen LogP contribution in [0.4, 0.5) is 0 Å². The van der Waals surface area contributed by atoms with Gasteiger partial charge >= 0.3 is 0 Å². The van der Waals surface area contributed by atoms with Gasteiger partial charge < -0.3 is 4.90 Å². The quantitative estimate of drug-likeness (QED) is 0.564. The Kier molecular flexibility index (Phi) is 2.06. The minimum absolute atomic E-state index is 0.204. The number of hydrogen-bond acceptors (Lipinski definition) is 1. The zero-order valence-corrected chi connectivity index (χ0v) is 9.59. The van der Waals surface area contributed by atoms with Gasteiger partial charge in [-0.15, -0.1) is 0 Å². The van der Waals surface area contributed by atoms with Crippen LogP contribution in [0, 0.1) is 5.41 Å². The summed E-state index contributed by atoms with van der Waals surface area (Å²) < 4.78 is 0. The molecule has 0 bridgehead atoms. The third kappa shape index (κ3) is 1.08. The van der Waals surface area contributed by atoms with Gasteiger partial charge in [-0.25, -0.2) is 0 Å². The van der Waals surface area contributed by atoms with E-state index >= 15 is 0 Å². The molecule has 1 aliphatic heterocycles. The Morgan fingerprint density at radius 3 is 2.50 bits per heavy atom. The number of hydrogen-bond donors (Lipinski definition) is 0. The van der Waals surface area contributed by atoms with Gasteiger partial charge in [-0.2, -0.15) is 0 Å². The van der Waals surface area contributed by atoms with Gasteiger partial charge in [0.25, 0.3) is 0 Å². The maximum atomic E-state index is 2.41. The first-order chi connectivity index (χ1) is 6.59. The van der Waals surface area contributed by atoms with Crippen LogP contribution in [-0.4, -0.2) is 11.9 Å². The van der Waals surface area contributed by atoms with E-state index in [0.717, 1.165) is 0 Å². The van der Waals surface area contributed by atoms with Gasteiger partial charge in [-0.1, -0.05) is 32.1 Å². The van der Waals surface area contributed by atoms with E-state index in [2.05, 4.69) is 50.9 Å². The van der Waals surface area contributed by atoms with Crippen LogP contribution in [0.15, 0.2) is 35.2 Å². The SMILES string of the molecule is C/C=C1\N(C)C2=CCCC=C2C1(C)C. The molecule has 14 heavy (non-hydrogen) atoms. The van der Waals surface area contributed by atoms with Gasteiger partial charge in [0, 0.05) is 23.9 Å². The average Bonchev–Trinajstić information content (AvgIpc) is 2.36. The first kappa shape index (κ1) is 9.57. The van der Waals surface area contributed by atoms with E-state index in [1.54, 1.807) is 0 Å². The molecule has 1 saturated heterocycles. The number of likely N-dealkylation sites (N-methyl/N-ethyl adjacent to an activating group) is 1. The number of allylic oxidation sites excluding steroid dienone is 5. The molecular formula is C13H19N. The fraction of sp³-hybridized carbons (Fsp3) is 0.538. The summed E-state index contributed by atoms with van der Waals surface area (Å²) in [6.07, 6.45) is 9.40. The second-order valence-electron chi connectivity index (χ2n) is 4.64. The van der Waals surface area contributed by atoms with Crippen molar-refractivity contribution < 1.29 is 0 Å². The lowest BCUT2D eigenvalue weighted by Gasteiger charge is -2.22. The molecule has 0 radical (unpaired) electrons. The van der Waals surface area contributed by atoms with E-state index in [4.69, 9.17) is 0 Å². The summed E-state index contributed by atoms with van der Waals surface area (Å²) in [5.74, 6) is 0. The Hall–Kier alpha value is -0.980. The molecule has 2 aliphatic rings. The van der Waals surface area contributed by atoms with Gasteiger partial charge in [0.2, 0.25) is 0 Å². The molecule has 0 aromatic heterocycles. The highest BCUT2D eigenvalue weighted by molar-refractivity contribution is 5.50. The van der Waals surface area contributed by atoms with Gasteiger partial charge in [0.1, 0.15) is 0 Å². The van der Waals surface area contributed by atoms with Crippen molar-refractivity contribution in [2.45, 2.75) is 33.6 Å². The molecule has 0 spiro atoms. The summed E-state index contributed by atoms with van der Waals surface area (Å²) in [5.41, 5.74) is 4.57. The molecule has 0 N–H and O–H groups in total. The largest absolute Gasteiger partial charge is 0.348 e. The lowest BCUT2D eigenvalue weighted by molar-refractivity contribution is 0.466. The van der Waals surface area contributed by atoms with Crippen molar-refractivity contribution in [1.82, 2.24) is 4.90 Å². The Bertz CT molecular complexity index is 342. The van der Waals surface area contributed by atoms with Crippen molar-refractivity contribution in [2.24, 2.45) is 5.41 Å². The zero-order valence-electron chi connectivity index (χ0n) is 9.59. The zero-order chi connectivity index (χ0) is 10.3. The minimum Gasteiger partial charge on any atom is -0.348 e. The lowest BCUT2D eigenvalue weighted by Crippen LogP contribution is -2.15. The van der Waals surface area contributed by atoms with Crippen molar-refractivity contribution in [2.75, 3.05) is 7.05 Å². The highest BCUT2D eigenvalue weighted by atomic mass is 15.2. The Balaban J connectivity index is 2.56. The number of fused-ring (bicyclic) bond motifs is 1. The van der Waals surface area contributed by atoms with Crippen molar-refractivity contribution in [1.29, 1.82) is 0 Å². The van der Waals surface area contributed by atoms with Crippen LogP contribution in [0.25, 0.3) is 0 Å². The van der Waals surface area contributed by atoms with Crippen molar-refractivity contribution >= 4 is 0 Å². The Labute approximate surface area is 86.8 Å². The molecule has 1 heteroatoms. The van der Waals surface area contributed by atoms with E-state index in [1.807, 2.05) is 0 Å². The van der Waals surface area contributed by atoms with E-state index in [-0.39, 0.29) is 5.41 Å². The van der Waals surface area contributed by atoms with Crippen LogP contribution in [0.5, 0.6) is 0 Å². The summed E-state index contributed by atoms with van der Waals surface area (Å²) in [6, 6.07) is 0. The summed E-state index contributed by atoms with van der Waals surface area (Å²) >= 11 is 0. The van der Waals surface area contributed by atoms with Gasteiger partial charge in [0.05, 0.1) is 0 Å². The molecule has 0 atom stereocenters. The van der Waals surface area contributed by atoms with Crippen LogP contribution in [0.1, 0.15) is 33.6 Å². The average molecular weight is 189 g/mol. The summed E-state index contributed by atoms with van der Waals surface area (Å²) in [5, 5.41) is 0. The summed E-state index contributed by atoms with van der Waals surface area (Å²) in [4.78, 5) is 2.34. The van der Waals surface area contributed by atoms with Crippen LogP contribution in [0.3, 0.4) is 0 Å². The van der Waals surface area contributed by atoms with Crippen molar-refractivity contribution in [3.8, 4) is 0 Å². The van der Waals surface area contributed by atoms with Crippen molar-refractivity contribution in [3.05, 3.63) is 35.2 Å². The molecule has 0 amide bonds. The van der Waals surface area contributed by atoms with Crippen LogP contribution in [-0.2, 0) is 0 Å². The standard InChI is InChI=1S/C13H19N/c1-5-12-13(2,3)10-8-6-7-9-11(10)14(12)4/h5,8-9H,6-7H2,1-4H3/b12-5-. The highest BCUT2D eigenvalue weighted by Gasteiger charge is 2.40. The van der Waals surface area contributed by atoms with Gasteiger partial charge in [-0.05, 0) is 25.3 Å². The monoisotopic (exact) mass is 189 g/mol. The van der Waals surface area contributed by atoms with E-state index in [1.165, 1.54) is 29.8 Å². The molecule has 0 saturated carbocycles. The van der Waals surface area contributed by atoms with E-state index in [0.29, 0.717) is 0 Å². The molecule has 0 aromatic carbocycles. The first-order valence-electron chi connectivity index (χ1n) is 5.40. The molecule has 1 nitrogen and oxygen atoms in total. The summed E-state index contributed by atoms with van der Waals surface area (Å²) in [7, 11) is 2.18. The third-order valence-electron chi connectivity index (χ3n) is 3.44. The maximum Gasteiger partial charge on any atom is 0.0404 e. The lowest BCUT2D eigenvalue weighted by atomic mass is 9.81. The number of likely N-dealkylation sites (tertiary alicyclic amines) is 1. The normalized spacial score (nSPS) is 27.4. The molecule has 0 aromatic rings. The second kappa shape index (κ2) is 3.01. The first-order valence-corrected chi connectivity index (χ1v) is 5.40. The predicted molar refractivity (Wildman–Crippen MR) is 60.7 cm³/mol. The van der Waals surface area contributed by atoms with Gasteiger partial charge in [0.15, 0.2) is 0 Å². The molecule has 1 fully saturated rings. The fourth-order valence-electron chi connectivity index (χ4n) is 2.80.